The molecule has 0 unspecified atom stereocenters. The summed E-state index contributed by atoms with van der Waals surface area (Å²) in [7, 11) is 2.88. The van der Waals surface area contributed by atoms with Crippen molar-refractivity contribution in [2.75, 3.05) is 19.1 Å². The second-order valence-electron chi connectivity index (χ2n) is 7.20. The highest BCUT2D eigenvalue weighted by Crippen LogP contribution is 2.24. The van der Waals surface area contributed by atoms with Crippen LogP contribution in [-0.2, 0) is 9.47 Å². The lowest BCUT2D eigenvalue weighted by molar-refractivity contribution is 0.0581. The Hall–Kier alpha value is -3.29. The van der Waals surface area contributed by atoms with E-state index in [4.69, 9.17) is 9.47 Å². The van der Waals surface area contributed by atoms with Gasteiger partial charge in [-0.1, -0.05) is 6.58 Å². The summed E-state index contributed by atoms with van der Waals surface area (Å²) in [4.78, 5) is 38.1. The molecule has 2 heterocycles. The Balaban J connectivity index is 2.30. The number of amides is 1. The van der Waals surface area contributed by atoms with Crippen molar-refractivity contribution in [2.24, 2.45) is 0 Å². The maximum absolute atomic E-state index is 12.1. The second-order valence-corrected chi connectivity index (χ2v) is 7.20. The van der Waals surface area contributed by atoms with Gasteiger partial charge in [-0.3, -0.25) is 4.90 Å². The van der Waals surface area contributed by atoms with Gasteiger partial charge in [0.25, 0.3) is 0 Å². The Morgan fingerprint density at radius 1 is 1.11 bits per heavy atom. The summed E-state index contributed by atoms with van der Waals surface area (Å²) in [5.41, 5.74) is 1.89. The number of pyridine rings is 1. The highest BCUT2D eigenvalue weighted by molar-refractivity contribution is 5.93. The molecule has 148 valence electrons. The number of anilines is 1. The third-order valence-corrected chi connectivity index (χ3v) is 3.68. The maximum atomic E-state index is 12.1. The van der Waals surface area contributed by atoms with Gasteiger partial charge in [0.05, 0.1) is 25.2 Å². The number of allylic oxidation sites excluding steroid dienone is 1. The number of nitrogens with zero attached hydrogens (tertiary/aromatic N) is 4. The zero-order valence-electron chi connectivity index (χ0n) is 16.9. The van der Waals surface area contributed by atoms with Crippen LogP contribution in [0.4, 0.5) is 10.5 Å². The van der Waals surface area contributed by atoms with Crippen LogP contribution >= 0.6 is 0 Å². The van der Waals surface area contributed by atoms with E-state index in [0.717, 1.165) is 0 Å². The number of ether oxygens (including phenoxy) is 2. The predicted octanol–water partition coefficient (Wildman–Crippen LogP) is 3.73. The van der Waals surface area contributed by atoms with E-state index >= 15 is 0 Å². The number of methoxy groups -OCH3 is 1. The van der Waals surface area contributed by atoms with E-state index in [2.05, 4.69) is 21.5 Å². The van der Waals surface area contributed by atoms with Crippen LogP contribution in [0.5, 0.6) is 0 Å². The van der Waals surface area contributed by atoms with Crippen LogP contribution < -0.4 is 4.90 Å². The van der Waals surface area contributed by atoms with Crippen molar-refractivity contribution in [2.45, 2.75) is 33.3 Å². The van der Waals surface area contributed by atoms with Gasteiger partial charge in [-0.25, -0.2) is 24.5 Å². The number of esters is 1. The molecule has 0 N–H and O–H groups in total. The van der Waals surface area contributed by atoms with Crippen LogP contribution in [-0.4, -0.2) is 46.8 Å². The lowest BCUT2D eigenvalue weighted by Gasteiger charge is -2.24. The number of hydrogen-bond donors (Lipinski definition) is 0. The van der Waals surface area contributed by atoms with Crippen molar-refractivity contribution in [1.29, 1.82) is 0 Å². The monoisotopic (exact) mass is 384 g/mol. The summed E-state index contributed by atoms with van der Waals surface area (Å²) in [6.45, 7) is 11.0. The van der Waals surface area contributed by atoms with Crippen molar-refractivity contribution in [3.8, 4) is 11.4 Å². The fourth-order valence-electron chi connectivity index (χ4n) is 2.25. The van der Waals surface area contributed by atoms with Gasteiger partial charge in [-0.15, -0.1) is 0 Å². The van der Waals surface area contributed by atoms with E-state index in [1.807, 2.05) is 0 Å². The molecule has 0 spiro atoms. The Bertz CT molecular complexity index is 901. The molecule has 8 heteroatoms. The van der Waals surface area contributed by atoms with Gasteiger partial charge in [0.2, 0.25) is 0 Å². The van der Waals surface area contributed by atoms with Crippen molar-refractivity contribution < 1.29 is 19.1 Å². The van der Waals surface area contributed by atoms with Crippen molar-refractivity contribution in [1.82, 2.24) is 15.0 Å². The minimum atomic E-state index is -0.599. The molecule has 0 saturated heterocycles. The Morgan fingerprint density at radius 3 is 2.21 bits per heavy atom. The van der Waals surface area contributed by atoms with E-state index in [0.29, 0.717) is 28.2 Å². The number of aromatic nitrogens is 3. The molecular weight excluding hydrogens is 360 g/mol. The molecule has 2 aromatic heterocycles. The minimum absolute atomic E-state index is 0.181. The molecule has 28 heavy (non-hydrogen) atoms. The van der Waals surface area contributed by atoms with Crippen LogP contribution in [0.1, 0.15) is 43.7 Å². The van der Waals surface area contributed by atoms with Crippen LogP contribution in [0.2, 0.25) is 0 Å². The number of carbonyl (C=O) groups is 2. The van der Waals surface area contributed by atoms with Crippen molar-refractivity contribution >= 4 is 23.3 Å². The molecule has 0 aliphatic rings. The molecule has 0 radical (unpaired) electrons. The largest absolute Gasteiger partial charge is 0.464 e. The summed E-state index contributed by atoms with van der Waals surface area (Å²) in [5.74, 6) is -0.146. The average Bonchev–Trinajstić information content (AvgIpc) is 2.65. The molecular formula is C20H24N4O4. The summed E-state index contributed by atoms with van der Waals surface area (Å²) in [5, 5.41) is 0. The average molecular weight is 384 g/mol. The predicted molar refractivity (Wildman–Crippen MR) is 106 cm³/mol. The quantitative estimate of drug-likeness (QED) is 0.741. The van der Waals surface area contributed by atoms with E-state index in [1.165, 1.54) is 30.6 Å². The van der Waals surface area contributed by atoms with Gasteiger partial charge in [-0.2, -0.15) is 0 Å². The highest BCUT2D eigenvalue weighted by Gasteiger charge is 2.21. The second kappa shape index (κ2) is 8.16. The number of rotatable bonds is 4. The minimum Gasteiger partial charge on any atom is -0.464 e. The zero-order chi connectivity index (χ0) is 21.1. The summed E-state index contributed by atoms with van der Waals surface area (Å²) >= 11 is 0. The van der Waals surface area contributed by atoms with E-state index in [1.54, 1.807) is 40.8 Å². The first kappa shape index (κ1) is 21.0. The molecule has 2 rings (SSSR count). The highest BCUT2D eigenvalue weighted by atomic mass is 16.6. The van der Waals surface area contributed by atoms with E-state index in [-0.39, 0.29) is 5.69 Å². The smallest absolute Gasteiger partial charge is 0.414 e. The van der Waals surface area contributed by atoms with E-state index < -0.39 is 17.7 Å². The molecule has 0 aliphatic heterocycles. The molecule has 0 aromatic carbocycles. The molecule has 2 aromatic rings. The summed E-state index contributed by atoms with van der Waals surface area (Å²) in [6.07, 6.45) is 4.02. The van der Waals surface area contributed by atoms with Gasteiger partial charge in [0.1, 0.15) is 5.60 Å². The fraction of sp³-hybridized carbons (Fsp3) is 0.350. The lowest BCUT2D eigenvalue weighted by Crippen LogP contribution is -2.34. The lowest BCUT2D eigenvalue weighted by atomic mass is 10.0. The summed E-state index contributed by atoms with van der Waals surface area (Å²) in [6, 6.07) is 1.73. The van der Waals surface area contributed by atoms with Gasteiger partial charge >= 0.3 is 12.1 Å². The van der Waals surface area contributed by atoms with Gasteiger partial charge in [0, 0.05) is 24.4 Å². The van der Waals surface area contributed by atoms with Crippen LogP contribution in [0.3, 0.4) is 0 Å². The zero-order valence-corrected chi connectivity index (χ0v) is 16.9. The molecule has 0 bridgehead atoms. The molecule has 0 saturated carbocycles. The maximum Gasteiger partial charge on any atom is 0.414 e. The standard InChI is InChI=1S/C20H24N4O4/c1-12(2)15-8-13(9-21-16(15)18(25)27-7)17-22-10-14(11-23-17)24(6)19(26)28-20(3,4)5/h8-11H,1H2,2-7H3. The fourth-order valence-corrected chi connectivity index (χ4v) is 2.25. The Morgan fingerprint density at radius 2 is 1.71 bits per heavy atom. The number of carbonyl (C=O) groups excluding carboxylic acids is 2. The molecule has 0 atom stereocenters. The van der Waals surface area contributed by atoms with E-state index in [9.17, 15) is 9.59 Å². The third-order valence-electron chi connectivity index (χ3n) is 3.68. The normalized spacial score (nSPS) is 10.9. The first-order chi connectivity index (χ1) is 13.0. The SMILES string of the molecule is C=C(C)c1cc(-c2ncc(N(C)C(=O)OC(C)(C)C)cn2)cnc1C(=O)OC. The van der Waals surface area contributed by atoms with Crippen molar-refractivity contribution in [3.05, 3.63) is 42.5 Å². The first-order valence-electron chi connectivity index (χ1n) is 8.57. The Labute approximate surface area is 164 Å². The molecule has 0 aliphatic carbocycles. The molecule has 8 nitrogen and oxygen atoms in total. The van der Waals surface area contributed by atoms with Crippen LogP contribution in [0.15, 0.2) is 31.2 Å². The molecule has 1 amide bonds. The van der Waals surface area contributed by atoms with Crippen LogP contribution in [0, 0.1) is 0 Å². The van der Waals surface area contributed by atoms with Gasteiger partial charge in [0.15, 0.2) is 11.5 Å². The summed E-state index contributed by atoms with van der Waals surface area (Å²) < 4.78 is 10.1. The third kappa shape index (κ3) is 4.91. The van der Waals surface area contributed by atoms with Crippen LogP contribution in [0.25, 0.3) is 17.0 Å². The first-order valence-corrected chi connectivity index (χ1v) is 8.57. The molecule has 0 fully saturated rings. The topological polar surface area (TPSA) is 94.5 Å². The van der Waals surface area contributed by atoms with Gasteiger partial charge in [-0.05, 0) is 39.3 Å². The number of hydrogen-bond acceptors (Lipinski definition) is 7. The van der Waals surface area contributed by atoms with Gasteiger partial charge < -0.3 is 9.47 Å². The van der Waals surface area contributed by atoms with Crippen molar-refractivity contribution in [3.63, 3.8) is 0 Å². The Kier molecular flexibility index (Phi) is 6.12.